The highest BCUT2D eigenvalue weighted by Gasteiger charge is 2.29. The summed E-state index contributed by atoms with van der Waals surface area (Å²) >= 11 is 0. The smallest absolute Gasteiger partial charge is 0.326 e. The molecule has 16 N–H and O–H groups in total. The van der Waals surface area contributed by atoms with Crippen LogP contribution >= 0.6 is 0 Å². The van der Waals surface area contributed by atoms with E-state index in [0.717, 1.165) is 11.1 Å². The first-order chi connectivity index (χ1) is 46.1. The second-order valence-corrected chi connectivity index (χ2v) is 21.9. The van der Waals surface area contributed by atoms with Crippen molar-refractivity contribution in [2.45, 2.75) is 184 Å². The molecular weight excluding hydrogens is 1250 g/mol. The number of ketones is 4. The molecular formula is C64H94F2N16O14. The maximum atomic E-state index is 13.2. The van der Waals surface area contributed by atoms with Crippen LogP contribution in [0.25, 0.3) is 10.4 Å². The molecule has 3 rings (SSSR count). The Morgan fingerprint density at radius 3 is 1.19 bits per heavy atom. The second-order valence-electron chi connectivity index (χ2n) is 21.9. The normalized spacial score (nSPS) is 12.4. The fraction of sp³-hybridized carbons (Fsp3) is 0.562. The first kappa shape index (κ1) is 84.6. The monoisotopic (exact) mass is 1350 g/mol. The number of alkyl halides is 2. The largest absolute Gasteiger partial charge is 0.480 e. The van der Waals surface area contributed by atoms with Gasteiger partial charge in [0.2, 0.25) is 23.6 Å². The third-order valence-electron chi connectivity index (χ3n) is 14.3. The van der Waals surface area contributed by atoms with Gasteiger partial charge in [-0.1, -0.05) is 71.0 Å². The highest BCUT2D eigenvalue weighted by atomic mass is 18.2. The second kappa shape index (κ2) is 51.9. The number of carbonyl (C=O) groups is 12. The zero-order chi connectivity index (χ0) is 71.5. The summed E-state index contributed by atoms with van der Waals surface area (Å²) in [7, 11) is 0. The molecule has 30 nitrogen and oxygen atoms in total. The van der Waals surface area contributed by atoms with Gasteiger partial charge in [-0.3, -0.25) is 52.3 Å². The van der Waals surface area contributed by atoms with Gasteiger partial charge in [-0.2, -0.15) is 0 Å². The highest BCUT2D eigenvalue weighted by molar-refractivity contribution is 5.99. The standard InChI is InChI=1S/C32H47FN8O7.C30H43N5O7.C2H4FN3/c33-16-19-41-21-26(39-40-41)31(46)38-23(10-4-6-17-34)27(42)12-14-30(45)37-25(20-22-8-2-1-3-9-22)28(43)13-15-29(44)36-24(32(47)48)11-5-7-18-35;1-2-27(38)33-22(12-6-8-18-31)25(36)14-16-29(40)35-24(20-21-10-4-3-5-11-21)26(37)15-17-28(39)34-23(30(41)42)13-7-9-19-32;3-1-2-5-6-4/h1-3,8-9,21,23-25H,4-7,10-20,34-35H2,(H,36,44)(H,37,45)(H,38,46)(H,47,48);1,3-5,10-11,22-24H,6-9,12-20,31-32H2,(H,33,38)(H,34,39)(H,35,40)(H,41,42);1-2H2/t23-,24-,25-;22-,23-,24-;/m00./s1/i33-1;;3-1. The number of aliphatic carboxylic acids is 2. The molecule has 0 fully saturated rings. The van der Waals surface area contributed by atoms with Crippen molar-refractivity contribution < 1.29 is 76.5 Å². The minimum absolute atomic E-state index is 0.0451. The van der Waals surface area contributed by atoms with E-state index < -0.39 is 114 Å². The van der Waals surface area contributed by atoms with Crippen LogP contribution in [0.5, 0.6) is 0 Å². The lowest BCUT2D eigenvalue weighted by Gasteiger charge is -2.20. The number of amides is 6. The van der Waals surface area contributed by atoms with Crippen molar-refractivity contribution in [3.05, 3.63) is 94.1 Å². The molecule has 0 aliphatic carbocycles. The summed E-state index contributed by atoms with van der Waals surface area (Å²) in [6, 6.07) is 12.0. The van der Waals surface area contributed by atoms with Gasteiger partial charge < -0.3 is 65.0 Å². The molecule has 3 aromatic rings. The van der Waals surface area contributed by atoms with E-state index >= 15 is 0 Å². The Labute approximate surface area is 556 Å². The Bertz CT molecular complexity index is 2990. The van der Waals surface area contributed by atoms with Gasteiger partial charge in [-0.15, -0.1) is 11.5 Å². The number of nitrogens with two attached hydrogens (primary N) is 4. The number of rotatable bonds is 49. The SMILES string of the molecule is C#CC(=O)N[C@@H](CCCCN)C(=O)CCC(=O)N[C@@H](Cc1ccccc1)C(=O)CCC(=O)N[C@@H](CCCCN)C(=O)O.NCCCC[C@H](NC(=O)CCC(=O)[C@H](Cc1ccccc1)NC(=O)CCC(=O)[C@H](CCCCN)NC(=O)c1cn(CC[18F])nn1)C(=O)O.[N-]=[N+]=NCC[18F]. The molecule has 528 valence electrons. The van der Waals surface area contributed by atoms with Crippen molar-refractivity contribution >= 4 is 70.5 Å². The number of carboxylic acid groups (broad SMARTS) is 2. The van der Waals surface area contributed by atoms with Gasteiger partial charge in [0, 0.05) is 56.3 Å². The number of nitrogens with one attached hydrogen (secondary N) is 6. The number of aryl methyl sites for hydroxylation is 1. The zero-order valence-corrected chi connectivity index (χ0v) is 54.1. The van der Waals surface area contributed by atoms with Crippen LogP contribution in [0.4, 0.5) is 8.78 Å². The Morgan fingerprint density at radius 1 is 0.510 bits per heavy atom. The highest BCUT2D eigenvalue weighted by Crippen LogP contribution is 2.14. The molecule has 0 saturated carbocycles. The van der Waals surface area contributed by atoms with Gasteiger partial charge >= 0.3 is 11.9 Å². The first-order valence-electron chi connectivity index (χ1n) is 31.8. The van der Waals surface area contributed by atoms with Gasteiger partial charge in [0.25, 0.3) is 11.8 Å². The quantitative estimate of drug-likeness (QED) is 0.0127. The predicted octanol–water partition coefficient (Wildman–Crippen LogP) is 2.22. The molecule has 0 aliphatic heterocycles. The van der Waals surface area contributed by atoms with Gasteiger partial charge in [0.05, 0.1) is 50.1 Å². The van der Waals surface area contributed by atoms with E-state index in [-0.39, 0.29) is 108 Å². The van der Waals surface area contributed by atoms with Crippen LogP contribution in [0.15, 0.2) is 72.0 Å². The van der Waals surface area contributed by atoms with Crippen LogP contribution in [0.2, 0.25) is 0 Å². The summed E-state index contributed by atoms with van der Waals surface area (Å²) < 4.78 is 24.7. The van der Waals surface area contributed by atoms with Crippen LogP contribution in [0, 0.1) is 12.3 Å². The van der Waals surface area contributed by atoms with E-state index in [1.807, 2.05) is 12.0 Å². The molecule has 0 unspecified atom stereocenters. The van der Waals surface area contributed by atoms with Crippen molar-refractivity contribution in [3.8, 4) is 12.3 Å². The summed E-state index contributed by atoms with van der Waals surface area (Å²) in [6.07, 6.45) is 10.5. The molecule has 1 heterocycles. The predicted molar refractivity (Wildman–Crippen MR) is 350 cm³/mol. The molecule has 0 spiro atoms. The summed E-state index contributed by atoms with van der Waals surface area (Å²) in [5.41, 5.74) is 30.9. The lowest BCUT2D eigenvalue weighted by Crippen LogP contribution is -2.44. The maximum Gasteiger partial charge on any atom is 0.326 e. The number of hydrogen-bond donors (Lipinski definition) is 12. The van der Waals surface area contributed by atoms with Crippen LogP contribution in [-0.2, 0) is 72.1 Å². The van der Waals surface area contributed by atoms with Crippen molar-refractivity contribution in [3.63, 3.8) is 0 Å². The van der Waals surface area contributed by atoms with Crippen LogP contribution < -0.4 is 54.8 Å². The van der Waals surface area contributed by atoms with Crippen LogP contribution in [0.1, 0.15) is 150 Å². The van der Waals surface area contributed by atoms with Gasteiger partial charge in [0.15, 0.2) is 28.8 Å². The Kier molecular flexibility index (Phi) is 45.8. The Hall–Kier alpha value is -9.41. The first-order valence-corrected chi connectivity index (χ1v) is 31.8. The van der Waals surface area contributed by atoms with E-state index in [1.54, 1.807) is 54.6 Å². The average molecular weight is 1350 g/mol. The lowest BCUT2D eigenvalue weighted by atomic mass is 9.98. The van der Waals surface area contributed by atoms with Crippen LogP contribution in [-0.4, -0.2) is 178 Å². The van der Waals surface area contributed by atoms with Gasteiger partial charge in [-0.05, 0) is 139 Å². The molecule has 2 aromatic carbocycles. The van der Waals surface area contributed by atoms with Crippen molar-refractivity contribution in [1.82, 2.24) is 46.9 Å². The number of carbonyl (C=O) groups excluding carboxylic acids is 10. The molecule has 6 amide bonds. The van der Waals surface area contributed by atoms with Gasteiger partial charge in [0.1, 0.15) is 18.8 Å². The fourth-order valence-corrected chi connectivity index (χ4v) is 9.13. The van der Waals surface area contributed by atoms with E-state index in [9.17, 15) is 76.5 Å². The number of aromatic nitrogens is 3. The third kappa shape index (κ3) is 38.7. The zero-order valence-electron chi connectivity index (χ0n) is 54.1. The molecule has 6 atom stereocenters. The number of terminal acetylenes is 1. The van der Waals surface area contributed by atoms with E-state index in [2.05, 4.69) is 52.2 Å². The number of Topliss-reactive ketones (excluding diaryl/α,β-unsaturated/α-hetero) is 4. The summed E-state index contributed by atoms with van der Waals surface area (Å²) in [5.74, 6) is -5.78. The average Bonchev–Trinajstić information content (AvgIpc) is 1.65. The lowest BCUT2D eigenvalue weighted by molar-refractivity contribution is -0.142. The third-order valence-corrected chi connectivity index (χ3v) is 14.3. The summed E-state index contributed by atoms with van der Waals surface area (Å²) in [6.45, 7) is 0.259. The van der Waals surface area contributed by atoms with Crippen molar-refractivity contribution in [2.24, 2.45) is 28.0 Å². The van der Waals surface area contributed by atoms with E-state index in [0.29, 0.717) is 84.0 Å². The topological polar surface area (TPSA) is 501 Å². The summed E-state index contributed by atoms with van der Waals surface area (Å²) in [4.78, 5) is 153. The van der Waals surface area contributed by atoms with E-state index in [1.165, 1.54) is 10.9 Å². The molecule has 0 aliphatic rings. The van der Waals surface area contributed by atoms with Crippen molar-refractivity contribution in [1.29, 1.82) is 0 Å². The number of unbranched alkanes of at least 4 members (excludes halogenated alkanes) is 4. The molecule has 96 heavy (non-hydrogen) atoms. The fourth-order valence-electron chi connectivity index (χ4n) is 9.13. The number of carboxylic acids is 2. The maximum absolute atomic E-state index is 13.2. The molecule has 32 heteroatoms. The Morgan fingerprint density at radius 2 is 0.865 bits per heavy atom. The van der Waals surface area contributed by atoms with Crippen LogP contribution in [0.3, 0.4) is 0 Å². The minimum Gasteiger partial charge on any atom is -0.480 e. The number of benzene rings is 2. The molecule has 0 bridgehead atoms. The molecule has 0 radical (unpaired) electrons. The molecule has 1 aromatic heterocycles. The minimum atomic E-state index is -1.18. The number of hydrogen-bond acceptors (Lipinski definition) is 19. The van der Waals surface area contributed by atoms with E-state index in [4.69, 9.17) is 34.9 Å². The number of azide groups is 1. The molecule has 0 saturated heterocycles. The number of nitrogens with zero attached hydrogens (tertiary/aromatic N) is 6. The van der Waals surface area contributed by atoms with Gasteiger partial charge in [-0.25, -0.2) is 18.7 Å². The van der Waals surface area contributed by atoms with Crippen molar-refractivity contribution in [2.75, 3.05) is 46.1 Å². The summed E-state index contributed by atoms with van der Waals surface area (Å²) in [5, 5.41) is 44.4. The Balaban J connectivity index is 0.000000890. The number of halogens is 2.